The van der Waals surface area contributed by atoms with Crippen molar-refractivity contribution in [1.29, 1.82) is 5.26 Å². The molecule has 0 atom stereocenters. The second-order valence-corrected chi connectivity index (χ2v) is 8.46. The number of carbonyl (C=O) groups is 1. The van der Waals surface area contributed by atoms with E-state index < -0.39 is 11.7 Å². The maximum atomic E-state index is 14.3. The van der Waals surface area contributed by atoms with Crippen LogP contribution in [0.5, 0.6) is 0 Å². The van der Waals surface area contributed by atoms with E-state index >= 15 is 0 Å². The quantitative estimate of drug-likeness (QED) is 0.538. The van der Waals surface area contributed by atoms with Crippen LogP contribution < -0.4 is 11.1 Å². The first-order chi connectivity index (χ1) is 17.3. The summed E-state index contributed by atoms with van der Waals surface area (Å²) in [5.41, 5.74) is 7.86. The number of hydrogen-bond donors (Lipinski definition) is 2. The summed E-state index contributed by atoms with van der Waals surface area (Å²) in [7, 11) is 0. The number of nitrogens with one attached hydrogen (secondary N) is 1. The number of nitriles is 1. The van der Waals surface area contributed by atoms with Gasteiger partial charge in [-0.3, -0.25) is 14.5 Å². The van der Waals surface area contributed by atoms with E-state index in [-0.39, 0.29) is 30.9 Å². The van der Waals surface area contributed by atoms with Gasteiger partial charge in [0, 0.05) is 30.5 Å². The van der Waals surface area contributed by atoms with E-state index in [9.17, 15) is 14.4 Å². The van der Waals surface area contributed by atoms with E-state index in [2.05, 4.69) is 27.0 Å². The van der Waals surface area contributed by atoms with E-state index in [4.69, 9.17) is 17.3 Å². The molecule has 3 aromatic rings. The minimum absolute atomic E-state index is 0.0406. The fraction of sp³-hybridized carbons (Fsp3) is 0.115. The Morgan fingerprint density at radius 3 is 2.94 bits per heavy atom. The third-order valence-corrected chi connectivity index (χ3v) is 5.47. The second-order valence-electron chi connectivity index (χ2n) is 8.02. The molecule has 1 aliphatic rings. The number of nitrogens with zero attached hydrogens (tertiary/aromatic N) is 5. The number of nitrogen functional groups attached to an aromatic ring is 1. The molecule has 2 aromatic heterocycles. The highest BCUT2D eigenvalue weighted by atomic mass is 35.5. The number of hydrogen-bond acceptors (Lipinski definition) is 6. The Bertz CT molecular complexity index is 1520. The predicted octanol–water partition coefficient (Wildman–Crippen LogP) is 4.36. The lowest BCUT2D eigenvalue weighted by Crippen LogP contribution is -2.23. The lowest BCUT2D eigenvalue weighted by atomic mass is 10.1. The number of amides is 1. The number of allylic oxidation sites excluding steroid dienone is 6. The highest BCUT2D eigenvalue weighted by molar-refractivity contribution is 6.39. The van der Waals surface area contributed by atoms with Crippen molar-refractivity contribution in [2.75, 3.05) is 12.3 Å². The molecule has 36 heavy (non-hydrogen) atoms. The minimum Gasteiger partial charge on any atom is -0.383 e. The molecular formula is C26H21ClFN7O. The summed E-state index contributed by atoms with van der Waals surface area (Å²) in [6.07, 6.45) is 9.01. The van der Waals surface area contributed by atoms with E-state index in [0.29, 0.717) is 22.0 Å². The van der Waals surface area contributed by atoms with Gasteiger partial charge in [-0.25, -0.2) is 9.37 Å². The smallest absolute Gasteiger partial charge is 0.256 e. The number of rotatable bonds is 5. The predicted molar refractivity (Wildman–Crippen MR) is 138 cm³/mol. The number of anilines is 1. The third-order valence-electron chi connectivity index (χ3n) is 5.26. The third kappa shape index (κ3) is 5.92. The Hall–Kier alpha value is -4.55. The number of aliphatic imine (C=N–C) groups is 1. The summed E-state index contributed by atoms with van der Waals surface area (Å²) in [6.45, 7) is 4.06. The molecule has 3 heterocycles. The van der Waals surface area contributed by atoms with Crippen LogP contribution in [0.4, 0.5) is 10.2 Å². The molecule has 8 nitrogen and oxygen atoms in total. The molecule has 0 bridgehead atoms. The lowest BCUT2D eigenvalue weighted by molar-refractivity contribution is 0.0950. The number of pyridine rings is 1. The SMILES string of the molecule is C=C1/C=C(Cl)\C=N/C/C(F)=C\C(Cn2cc(C(=O)NCc3ccc4c(N)nccc4c3)c(C#N)n2)=C/1. The lowest BCUT2D eigenvalue weighted by Gasteiger charge is -2.07. The van der Waals surface area contributed by atoms with E-state index in [0.717, 1.165) is 16.3 Å². The molecule has 0 saturated heterocycles. The van der Waals surface area contributed by atoms with Crippen LogP contribution in [0.2, 0.25) is 0 Å². The molecule has 0 aliphatic carbocycles. The summed E-state index contributed by atoms with van der Waals surface area (Å²) in [6, 6.07) is 9.38. The van der Waals surface area contributed by atoms with Crippen molar-refractivity contribution in [3.63, 3.8) is 0 Å². The Morgan fingerprint density at radius 2 is 2.14 bits per heavy atom. The van der Waals surface area contributed by atoms with Crippen molar-refractivity contribution in [2.24, 2.45) is 4.99 Å². The van der Waals surface area contributed by atoms with Gasteiger partial charge in [0.1, 0.15) is 17.7 Å². The normalized spacial score (nSPS) is 19.2. The first-order valence-electron chi connectivity index (χ1n) is 10.8. The maximum Gasteiger partial charge on any atom is 0.256 e. The average Bonchev–Trinajstić information content (AvgIpc) is 3.25. The largest absolute Gasteiger partial charge is 0.383 e. The highest BCUT2D eigenvalue weighted by Gasteiger charge is 2.17. The van der Waals surface area contributed by atoms with Gasteiger partial charge in [-0.15, -0.1) is 0 Å². The van der Waals surface area contributed by atoms with Crippen molar-refractivity contribution in [3.8, 4) is 6.07 Å². The van der Waals surface area contributed by atoms with Crippen LogP contribution >= 0.6 is 11.6 Å². The van der Waals surface area contributed by atoms with Gasteiger partial charge in [0.25, 0.3) is 5.91 Å². The molecule has 0 radical (unpaired) electrons. The molecule has 0 unspecified atom stereocenters. The van der Waals surface area contributed by atoms with Gasteiger partial charge in [0.15, 0.2) is 5.69 Å². The molecule has 180 valence electrons. The van der Waals surface area contributed by atoms with Crippen LogP contribution in [-0.2, 0) is 13.1 Å². The monoisotopic (exact) mass is 501 g/mol. The molecule has 0 fully saturated rings. The van der Waals surface area contributed by atoms with Gasteiger partial charge < -0.3 is 11.1 Å². The number of nitrogens with two attached hydrogens (primary N) is 1. The van der Waals surface area contributed by atoms with Gasteiger partial charge in [0.05, 0.1) is 23.7 Å². The van der Waals surface area contributed by atoms with Gasteiger partial charge >= 0.3 is 0 Å². The number of carbonyl (C=O) groups excluding carboxylic acids is 1. The Labute approximate surface area is 211 Å². The first-order valence-corrected chi connectivity index (χ1v) is 11.2. The van der Waals surface area contributed by atoms with E-state index in [1.165, 1.54) is 23.2 Å². The molecule has 1 aliphatic heterocycles. The van der Waals surface area contributed by atoms with Crippen LogP contribution in [-0.4, -0.2) is 33.4 Å². The highest BCUT2D eigenvalue weighted by Crippen LogP contribution is 2.20. The van der Waals surface area contributed by atoms with E-state index in [1.54, 1.807) is 18.3 Å². The summed E-state index contributed by atoms with van der Waals surface area (Å²) in [5.74, 6) is -0.498. The first kappa shape index (κ1) is 24.6. The summed E-state index contributed by atoms with van der Waals surface area (Å²) < 4.78 is 15.7. The fourth-order valence-corrected chi connectivity index (χ4v) is 3.88. The van der Waals surface area contributed by atoms with Crippen molar-refractivity contribution in [3.05, 3.63) is 100 Å². The zero-order chi connectivity index (χ0) is 25.7. The Balaban J connectivity index is 1.51. The number of fused-ring (bicyclic) bond motifs is 1. The van der Waals surface area contributed by atoms with Gasteiger partial charge in [-0.2, -0.15) is 10.4 Å². The van der Waals surface area contributed by atoms with Crippen molar-refractivity contribution >= 4 is 40.3 Å². The summed E-state index contributed by atoms with van der Waals surface area (Å²) >= 11 is 6.03. The molecular weight excluding hydrogens is 481 g/mol. The van der Waals surface area contributed by atoms with Crippen LogP contribution in [0.3, 0.4) is 0 Å². The van der Waals surface area contributed by atoms with Gasteiger partial charge in [-0.1, -0.05) is 36.4 Å². The minimum atomic E-state index is -0.477. The second kappa shape index (κ2) is 10.8. The average molecular weight is 502 g/mol. The molecule has 4 rings (SSSR count). The zero-order valence-corrected chi connectivity index (χ0v) is 19.8. The zero-order valence-electron chi connectivity index (χ0n) is 19.1. The van der Waals surface area contributed by atoms with E-state index in [1.807, 2.05) is 30.3 Å². The molecule has 3 N–H and O–H groups in total. The molecule has 10 heteroatoms. The number of aromatic nitrogens is 3. The maximum absolute atomic E-state index is 14.3. The number of benzene rings is 1. The number of halogens is 2. The van der Waals surface area contributed by atoms with Crippen LogP contribution in [0.15, 0.2) is 88.5 Å². The van der Waals surface area contributed by atoms with Crippen LogP contribution in [0.1, 0.15) is 21.6 Å². The van der Waals surface area contributed by atoms with Gasteiger partial charge in [-0.05, 0) is 46.4 Å². The van der Waals surface area contributed by atoms with Crippen molar-refractivity contribution < 1.29 is 9.18 Å². The molecule has 1 amide bonds. The standard InChI is InChI=1S/C26H21ClFN7O/c1-16-6-18(9-21(28)13-31-12-20(27)7-16)14-35-15-23(24(10-29)34-35)26(36)33-11-17-2-3-22-19(8-17)4-5-32-25(22)30/h2-9,12,15H,1,11,13-14H2,(H2,30,32)(H,33,36)/b18-6+,20-7+,21-9+,31-12-. The fourth-order valence-electron chi connectivity index (χ4n) is 3.67. The molecule has 1 aromatic carbocycles. The van der Waals surface area contributed by atoms with Crippen LogP contribution in [0.25, 0.3) is 10.8 Å². The van der Waals surface area contributed by atoms with Crippen LogP contribution in [0, 0.1) is 11.3 Å². The molecule has 0 saturated carbocycles. The topological polar surface area (TPSA) is 122 Å². The van der Waals surface area contributed by atoms with Crippen molar-refractivity contribution in [2.45, 2.75) is 13.1 Å². The summed E-state index contributed by atoms with van der Waals surface area (Å²) in [4.78, 5) is 20.9. The molecule has 0 spiro atoms. The summed E-state index contributed by atoms with van der Waals surface area (Å²) in [5, 5.41) is 18.6. The van der Waals surface area contributed by atoms with Gasteiger partial charge in [0.2, 0.25) is 0 Å². The Kier molecular flexibility index (Phi) is 7.37. The Morgan fingerprint density at radius 1 is 1.31 bits per heavy atom. The van der Waals surface area contributed by atoms with Crippen molar-refractivity contribution in [1.82, 2.24) is 20.1 Å².